The van der Waals surface area contributed by atoms with Crippen molar-refractivity contribution in [3.8, 4) is 5.75 Å². The summed E-state index contributed by atoms with van der Waals surface area (Å²) in [7, 11) is 1.79. The van der Waals surface area contributed by atoms with E-state index in [0.717, 1.165) is 62.9 Å². The molecule has 0 amide bonds. The summed E-state index contributed by atoms with van der Waals surface area (Å²) in [4.78, 5) is 6.65. The van der Waals surface area contributed by atoms with Gasteiger partial charge in [-0.25, -0.2) is 0 Å². The number of likely N-dealkylation sites (N-methyl/N-ethyl adjacent to an activating group) is 1. The molecule has 1 heterocycles. The van der Waals surface area contributed by atoms with Crippen LogP contribution in [0.1, 0.15) is 32.3 Å². The monoisotopic (exact) mass is 490 g/mol. The lowest BCUT2D eigenvalue weighted by atomic mass is 10.2. The van der Waals surface area contributed by atoms with Gasteiger partial charge in [0, 0.05) is 38.9 Å². The van der Waals surface area contributed by atoms with Crippen molar-refractivity contribution < 1.29 is 9.47 Å². The topological polar surface area (TPSA) is 58.1 Å². The maximum Gasteiger partial charge on any atom is 0.191 e. The van der Waals surface area contributed by atoms with Crippen molar-refractivity contribution in [3.63, 3.8) is 0 Å². The van der Waals surface area contributed by atoms with E-state index in [9.17, 15) is 0 Å². The Balaban J connectivity index is 0.00000364. The molecule has 1 aliphatic rings. The van der Waals surface area contributed by atoms with Crippen LogP contribution in [-0.4, -0.2) is 63.4 Å². The lowest BCUT2D eigenvalue weighted by Crippen LogP contribution is -2.40. The van der Waals surface area contributed by atoms with E-state index in [2.05, 4.69) is 40.4 Å². The molecule has 0 aromatic heterocycles. The summed E-state index contributed by atoms with van der Waals surface area (Å²) in [5, 5.41) is 6.71. The zero-order chi connectivity index (χ0) is 18.6. The molecular formula is C20H35IN4O2. The minimum atomic E-state index is 0. The molecule has 6 nitrogen and oxygen atoms in total. The number of nitrogens with one attached hydrogen (secondary N) is 2. The summed E-state index contributed by atoms with van der Waals surface area (Å²) in [6.45, 7) is 10.4. The molecular weight excluding hydrogens is 455 g/mol. The lowest BCUT2D eigenvalue weighted by molar-refractivity contribution is 0.114. The largest absolute Gasteiger partial charge is 0.492 e. The molecule has 27 heavy (non-hydrogen) atoms. The fourth-order valence-electron chi connectivity index (χ4n) is 3.03. The van der Waals surface area contributed by atoms with Crippen molar-refractivity contribution in [3.05, 3.63) is 29.8 Å². The van der Waals surface area contributed by atoms with Crippen LogP contribution in [0.15, 0.2) is 29.3 Å². The van der Waals surface area contributed by atoms with E-state index in [0.29, 0.717) is 19.3 Å². The quantitative estimate of drug-likeness (QED) is 0.300. The first-order chi connectivity index (χ1) is 12.8. The van der Waals surface area contributed by atoms with Crippen LogP contribution in [0.2, 0.25) is 0 Å². The van der Waals surface area contributed by atoms with Crippen LogP contribution < -0.4 is 15.4 Å². The summed E-state index contributed by atoms with van der Waals surface area (Å²) in [6, 6.07) is 8.17. The van der Waals surface area contributed by atoms with Gasteiger partial charge in [0.25, 0.3) is 0 Å². The molecule has 0 spiro atoms. The van der Waals surface area contributed by atoms with Gasteiger partial charge in [-0.05, 0) is 32.0 Å². The van der Waals surface area contributed by atoms with E-state index in [1.165, 1.54) is 0 Å². The summed E-state index contributed by atoms with van der Waals surface area (Å²) in [6.07, 6.45) is 2.56. The summed E-state index contributed by atoms with van der Waals surface area (Å²) in [5.41, 5.74) is 1.13. The average Bonchev–Trinajstić information content (AvgIpc) is 3.20. The number of rotatable bonds is 10. The van der Waals surface area contributed by atoms with Crippen LogP contribution in [0.25, 0.3) is 0 Å². The minimum absolute atomic E-state index is 0. The second-order valence-electron chi connectivity index (χ2n) is 6.42. The molecule has 0 saturated carbocycles. The fraction of sp³-hybridized carbons (Fsp3) is 0.650. The van der Waals surface area contributed by atoms with E-state index >= 15 is 0 Å². The first kappa shape index (κ1) is 24.0. The van der Waals surface area contributed by atoms with Gasteiger partial charge in [-0.3, -0.25) is 4.99 Å². The number of hydrogen-bond acceptors (Lipinski definition) is 4. The molecule has 0 radical (unpaired) electrons. The van der Waals surface area contributed by atoms with Crippen LogP contribution in [0.4, 0.5) is 0 Å². The Kier molecular flexibility index (Phi) is 12.4. The average molecular weight is 490 g/mol. The molecule has 0 aliphatic carbocycles. The molecule has 7 heteroatoms. The van der Waals surface area contributed by atoms with Crippen LogP contribution in [0, 0.1) is 0 Å². The third kappa shape index (κ3) is 8.66. The number of hydrogen-bond donors (Lipinski definition) is 2. The number of nitrogens with zero attached hydrogens (tertiary/aromatic N) is 2. The minimum Gasteiger partial charge on any atom is -0.492 e. The first-order valence-corrected chi connectivity index (χ1v) is 9.76. The van der Waals surface area contributed by atoms with E-state index in [1.54, 1.807) is 7.05 Å². The van der Waals surface area contributed by atoms with Gasteiger partial charge < -0.3 is 25.0 Å². The Morgan fingerprint density at radius 1 is 1.26 bits per heavy atom. The highest BCUT2D eigenvalue weighted by molar-refractivity contribution is 14.0. The number of guanidine groups is 1. The maximum absolute atomic E-state index is 6.02. The second kappa shape index (κ2) is 14.0. The van der Waals surface area contributed by atoms with Crippen LogP contribution in [-0.2, 0) is 11.3 Å². The summed E-state index contributed by atoms with van der Waals surface area (Å²) < 4.78 is 11.7. The SMILES string of the molecule is CCN(CC)CCOc1ccccc1CNC(=NC)NCC1CCCO1.I. The Hall–Kier alpha value is -1.06. The van der Waals surface area contributed by atoms with Crippen molar-refractivity contribution in [2.24, 2.45) is 4.99 Å². The van der Waals surface area contributed by atoms with Crippen LogP contribution in [0.5, 0.6) is 5.75 Å². The van der Waals surface area contributed by atoms with Crippen LogP contribution in [0.3, 0.4) is 0 Å². The zero-order valence-electron chi connectivity index (χ0n) is 16.9. The zero-order valence-corrected chi connectivity index (χ0v) is 19.2. The maximum atomic E-state index is 6.02. The van der Waals surface area contributed by atoms with Crippen molar-refractivity contribution in [2.45, 2.75) is 39.3 Å². The molecule has 1 fully saturated rings. The van der Waals surface area contributed by atoms with Crippen molar-refractivity contribution in [2.75, 3.05) is 46.4 Å². The van der Waals surface area contributed by atoms with Gasteiger partial charge in [0.2, 0.25) is 0 Å². The van der Waals surface area contributed by atoms with Gasteiger partial charge in [0.1, 0.15) is 12.4 Å². The standard InChI is InChI=1S/C20H34N4O2.HI/c1-4-24(5-2)12-14-26-19-11-7-6-9-17(19)15-22-20(21-3)23-16-18-10-8-13-25-18;/h6-7,9,11,18H,4-5,8,10,12-16H2,1-3H3,(H2,21,22,23);1H. The van der Waals surface area contributed by atoms with Crippen molar-refractivity contribution in [1.82, 2.24) is 15.5 Å². The Bertz CT molecular complexity index is 547. The highest BCUT2D eigenvalue weighted by Crippen LogP contribution is 2.17. The molecule has 1 aromatic carbocycles. The van der Waals surface area contributed by atoms with Gasteiger partial charge in [0.15, 0.2) is 5.96 Å². The summed E-state index contributed by atoms with van der Waals surface area (Å²) in [5.74, 6) is 1.72. The number of ether oxygens (including phenoxy) is 2. The van der Waals surface area contributed by atoms with E-state index in [-0.39, 0.29) is 24.0 Å². The number of benzene rings is 1. The van der Waals surface area contributed by atoms with Crippen LogP contribution >= 0.6 is 24.0 Å². The highest BCUT2D eigenvalue weighted by Gasteiger charge is 2.15. The summed E-state index contributed by atoms with van der Waals surface area (Å²) >= 11 is 0. The van der Waals surface area contributed by atoms with Gasteiger partial charge in [-0.2, -0.15) is 0 Å². The molecule has 154 valence electrons. The molecule has 1 atom stereocenters. The fourth-order valence-corrected chi connectivity index (χ4v) is 3.03. The number of aliphatic imine (C=N–C) groups is 1. The second-order valence-corrected chi connectivity index (χ2v) is 6.42. The van der Waals surface area contributed by atoms with Gasteiger partial charge in [-0.15, -0.1) is 24.0 Å². The molecule has 2 rings (SSSR count). The predicted octanol–water partition coefficient (Wildman–Crippen LogP) is 2.87. The molecule has 1 aliphatic heterocycles. The molecule has 1 unspecified atom stereocenters. The Labute approximate surface area is 181 Å². The Morgan fingerprint density at radius 2 is 2.04 bits per heavy atom. The van der Waals surface area contributed by atoms with Gasteiger partial charge in [-0.1, -0.05) is 32.0 Å². The van der Waals surface area contributed by atoms with E-state index in [1.807, 2.05) is 18.2 Å². The first-order valence-electron chi connectivity index (χ1n) is 9.76. The lowest BCUT2D eigenvalue weighted by Gasteiger charge is -2.19. The van der Waals surface area contributed by atoms with Gasteiger partial charge >= 0.3 is 0 Å². The normalized spacial score (nSPS) is 16.9. The van der Waals surface area contributed by atoms with E-state index < -0.39 is 0 Å². The smallest absolute Gasteiger partial charge is 0.191 e. The Morgan fingerprint density at radius 3 is 2.70 bits per heavy atom. The van der Waals surface area contributed by atoms with Crippen molar-refractivity contribution in [1.29, 1.82) is 0 Å². The van der Waals surface area contributed by atoms with E-state index in [4.69, 9.17) is 9.47 Å². The highest BCUT2D eigenvalue weighted by atomic mass is 127. The molecule has 0 bridgehead atoms. The molecule has 2 N–H and O–H groups in total. The molecule has 1 saturated heterocycles. The predicted molar refractivity (Wildman–Crippen MR) is 122 cm³/mol. The third-order valence-electron chi connectivity index (χ3n) is 4.72. The van der Waals surface area contributed by atoms with Crippen molar-refractivity contribution >= 4 is 29.9 Å². The molecule has 1 aromatic rings. The number of halogens is 1. The number of para-hydroxylation sites is 1. The third-order valence-corrected chi connectivity index (χ3v) is 4.72. The van der Waals surface area contributed by atoms with Gasteiger partial charge in [0.05, 0.1) is 6.10 Å².